The van der Waals surface area contributed by atoms with Gasteiger partial charge in [-0.2, -0.15) is 4.68 Å². The Morgan fingerprint density at radius 2 is 2.10 bits per heavy atom. The van der Waals surface area contributed by atoms with Gasteiger partial charge in [-0.1, -0.05) is 37.1 Å². The summed E-state index contributed by atoms with van der Waals surface area (Å²) in [5.74, 6) is 1.52. The first-order valence-corrected chi connectivity index (χ1v) is 7.98. The first kappa shape index (κ1) is 13.5. The van der Waals surface area contributed by atoms with Gasteiger partial charge in [0.2, 0.25) is 5.16 Å². The molecule has 0 N–H and O–H groups in total. The fraction of sp³-hybridized carbons (Fsp3) is 0.500. The minimum Gasteiger partial charge on any atom is -0.207 e. The third-order valence-electron chi connectivity index (χ3n) is 3.67. The van der Waals surface area contributed by atoms with Crippen molar-refractivity contribution in [1.29, 1.82) is 0 Å². The summed E-state index contributed by atoms with van der Waals surface area (Å²) in [6.45, 7) is 0. The molecule has 20 heavy (non-hydrogen) atoms. The molecule has 1 saturated carbocycles. The second kappa shape index (κ2) is 6.35. The van der Waals surface area contributed by atoms with Gasteiger partial charge in [-0.3, -0.25) is 0 Å². The van der Waals surface area contributed by atoms with Crippen LogP contribution in [0.1, 0.15) is 32.1 Å². The molecule has 3 rings (SSSR count). The summed E-state index contributed by atoms with van der Waals surface area (Å²) in [4.78, 5) is 0. The Morgan fingerprint density at radius 1 is 1.25 bits per heavy atom. The van der Waals surface area contributed by atoms with Crippen LogP contribution in [0.5, 0.6) is 0 Å². The maximum absolute atomic E-state index is 13.3. The van der Waals surface area contributed by atoms with Crippen molar-refractivity contribution in [1.82, 2.24) is 20.2 Å². The lowest BCUT2D eigenvalue weighted by molar-refractivity contribution is 0.390. The van der Waals surface area contributed by atoms with Gasteiger partial charge in [0.1, 0.15) is 5.82 Å². The summed E-state index contributed by atoms with van der Waals surface area (Å²) < 4.78 is 14.9. The van der Waals surface area contributed by atoms with Gasteiger partial charge < -0.3 is 0 Å². The molecule has 1 aliphatic rings. The van der Waals surface area contributed by atoms with Crippen LogP contribution in [0.4, 0.5) is 4.39 Å². The highest BCUT2D eigenvalue weighted by atomic mass is 32.2. The zero-order valence-electron chi connectivity index (χ0n) is 11.2. The Kier molecular flexibility index (Phi) is 4.30. The summed E-state index contributed by atoms with van der Waals surface area (Å²) in [7, 11) is 0. The van der Waals surface area contributed by atoms with Crippen LogP contribution in [0, 0.1) is 11.7 Å². The molecule has 1 aliphatic carbocycles. The van der Waals surface area contributed by atoms with E-state index in [4.69, 9.17) is 0 Å². The summed E-state index contributed by atoms with van der Waals surface area (Å²) in [5, 5.41) is 12.5. The van der Waals surface area contributed by atoms with E-state index in [-0.39, 0.29) is 5.82 Å². The number of nitrogens with zero attached hydrogens (tertiary/aromatic N) is 4. The Balaban J connectivity index is 1.70. The van der Waals surface area contributed by atoms with Crippen molar-refractivity contribution in [3.63, 3.8) is 0 Å². The molecule has 0 atom stereocenters. The second-order valence-corrected chi connectivity index (χ2v) is 6.16. The maximum Gasteiger partial charge on any atom is 0.214 e. The van der Waals surface area contributed by atoms with E-state index in [2.05, 4.69) is 15.5 Å². The molecule has 1 heterocycles. The first-order chi connectivity index (χ1) is 9.83. The van der Waals surface area contributed by atoms with Crippen molar-refractivity contribution in [2.24, 2.45) is 5.92 Å². The van der Waals surface area contributed by atoms with Gasteiger partial charge in [0.05, 0.1) is 5.69 Å². The predicted octanol–water partition coefficient (Wildman–Crippen LogP) is 3.47. The highest BCUT2D eigenvalue weighted by molar-refractivity contribution is 7.99. The smallest absolute Gasteiger partial charge is 0.207 e. The molecule has 0 spiro atoms. The number of hydrogen-bond donors (Lipinski definition) is 0. The van der Waals surface area contributed by atoms with Crippen molar-refractivity contribution < 1.29 is 4.39 Å². The third kappa shape index (κ3) is 3.17. The zero-order valence-corrected chi connectivity index (χ0v) is 12.0. The monoisotopic (exact) mass is 292 g/mol. The van der Waals surface area contributed by atoms with E-state index in [0.29, 0.717) is 5.69 Å². The topological polar surface area (TPSA) is 43.6 Å². The number of hydrogen-bond acceptors (Lipinski definition) is 4. The lowest BCUT2D eigenvalue weighted by atomic mass is 9.91. The zero-order chi connectivity index (χ0) is 13.8. The molecule has 6 heteroatoms. The number of thioether (sulfide) groups is 1. The highest BCUT2D eigenvalue weighted by Crippen LogP contribution is 2.29. The molecule has 2 aromatic rings. The molecule has 0 aliphatic heterocycles. The van der Waals surface area contributed by atoms with E-state index in [0.717, 1.165) is 16.8 Å². The number of aromatic nitrogens is 4. The summed E-state index contributed by atoms with van der Waals surface area (Å²) in [6.07, 6.45) is 6.63. The van der Waals surface area contributed by atoms with Crippen molar-refractivity contribution in [2.75, 3.05) is 5.75 Å². The van der Waals surface area contributed by atoms with Crippen LogP contribution in [-0.4, -0.2) is 26.0 Å². The van der Waals surface area contributed by atoms with Crippen LogP contribution in [0.15, 0.2) is 29.4 Å². The second-order valence-electron chi connectivity index (χ2n) is 5.17. The average molecular weight is 292 g/mol. The van der Waals surface area contributed by atoms with E-state index >= 15 is 0 Å². The van der Waals surface area contributed by atoms with Crippen molar-refractivity contribution in [3.8, 4) is 5.69 Å². The third-order valence-corrected chi connectivity index (χ3v) is 4.82. The van der Waals surface area contributed by atoms with Crippen molar-refractivity contribution in [3.05, 3.63) is 30.1 Å². The molecule has 0 saturated heterocycles. The van der Waals surface area contributed by atoms with E-state index in [1.54, 1.807) is 22.5 Å². The fourth-order valence-electron chi connectivity index (χ4n) is 2.59. The number of benzene rings is 1. The van der Waals surface area contributed by atoms with Crippen LogP contribution >= 0.6 is 11.8 Å². The van der Waals surface area contributed by atoms with Crippen LogP contribution in [0.25, 0.3) is 5.69 Å². The molecule has 0 radical (unpaired) electrons. The lowest BCUT2D eigenvalue weighted by Gasteiger charge is -2.20. The van der Waals surface area contributed by atoms with Gasteiger partial charge in [0, 0.05) is 5.75 Å². The van der Waals surface area contributed by atoms with Gasteiger partial charge in [-0.25, -0.2) is 4.39 Å². The van der Waals surface area contributed by atoms with Gasteiger partial charge >= 0.3 is 0 Å². The summed E-state index contributed by atoms with van der Waals surface area (Å²) >= 11 is 1.67. The number of tetrazole rings is 1. The van der Waals surface area contributed by atoms with Crippen LogP contribution in [0.3, 0.4) is 0 Å². The van der Waals surface area contributed by atoms with Crippen LogP contribution < -0.4 is 0 Å². The molecule has 106 valence electrons. The molecule has 0 bridgehead atoms. The largest absolute Gasteiger partial charge is 0.214 e. The Hall–Kier alpha value is -1.43. The Morgan fingerprint density at radius 3 is 2.90 bits per heavy atom. The predicted molar refractivity (Wildman–Crippen MR) is 76.4 cm³/mol. The van der Waals surface area contributed by atoms with Crippen LogP contribution in [-0.2, 0) is 0 Å². The molecule has 4 nitrogen and oxygen atoms in total. The van der Waals surface area contributed by atoms with E-state index in [1.165, 1.54) is 44.2 Å². The quantitative estimate of drug-likeness (QED) is 0.809. The standard InChI is InChI=1S/C14H17FN4S/c15-12-7-4-8-13(9-12)19-14(16-17-18-19)20-10-11-5-2-1-3-6-11/h4,7-9,11H,1-3,5-6,10H2. The number of rotatable bonds is 4. The highest BCUT2D eigenvalue weighted by Gasteiger charge is 2.16. The van der Waals surface area contributed by atoms with E-state index in [1.807, 2.05) is 6.07 Å². The van der Waals surface area contributed by atoms with Crippen LogP contribution in [0.2, 0.25) is 0 Å². The molecule has 0 unspecified atom stereocenters. The first-order valence-electron chi connectivity index (χ1n) is 7.00. The van der Waals surface area contributed by atoms with Gasteiger partial charge in [-0.05, 0) is 47.4 Å². The normalized spacial score (nSPS) is 16.4. The molecule has 0 amide bonds. The molecule has 1 aromatic carbocycles. The average Bonchev–Trinajstić information content (AvgIpc) is 2.95. The van der Waals surface area contributed by atoms with Crippen molar-refractivity contribution >= 4 is 11.8 Å². The van der Waals surface area contributed by atoms with Gasteiger partial charge in [0.15, 0.2) is 0 Å². The van der Waals surface area contributed by atoms with E-state index < -0.39 is 0 Å². The Bertz CT molecular complexity index is 566. The molecular weight excluding hydrogens is 275 g/mol. The summed E-state index contributed by atoms with van der Waals surface area (Å²) in [5.41, 5.74) is 0.668. The SMILES string of the molecule is Fc1cccc(-n2nnnc2SCC2CCCCC2)c1. The van der Waals surface area contributed by atoms with Gasteiger partial charge in [0.25, 0.3) is 0 Å². The molecule has 1 fully saturated rings. The summed E-state index contributed by atoms with van der Waals surface area (Å²) in [6, 6.07) is 6.34. The van der Waals surface area contributed by atoms with E-state index in [9.17, 15) is 4.39 Å². The number of halogens is 1. The Labute approximate surface area is 121 Å². The fourth-order valence-corrected chi connectivity index (χ4v) is 3.66. The van der Waals surface area contributed by atoms with Gasteiger partial charge in [-0.15, -0.1) is 5.10 Å². The molecule has 1 aromatic heterocycles. The van der Waals surface area contributed by atoms with Crippen molar-refractivity contribution in [2.45, 2.75) is 37.3 Å². The maximum atomic E-state index is 13.3. The minimum absolute atomic E-state index is 0.277. The lowest BCUT2D eigenvalue weighted by Crippen LogP contribution is -2.09. The minimum atomic E-state index is -0.277. The molecular formula is C14H17FN4S.